The second-order valence-electron chi connectivity index (χ2n) is 8.85. The predicted octanol–water partition coefficient (Wildman–Crippen LogP) is 6.32. The van der Waals surface area contributed by atoms with E-state index >= 15 is 0 Å². The van der Waals surface area contributed by atoms with E-state index < -0.39 is 53.5 Å². The van der Waals surface area contributed by atoms with Gasteiger partial charge in [0.2, 0.25) is 0 Å². The van der Waals surface area contributed by atoms with Gasteiger partial charge in [-0.1, -0.05) is 6.07 Å². The Morgan fingerprint density at radius 1 is 1.00 bits per heavy atom. The van der Waals surface area contributed by atoms with E-state index in [9.17, 15) is 45.4 Å². The maximum Gasteiger partial charge on any atom is 0.416 e. The Labute approximate surface area is 207 Å². The van der Waals surface area contributed by atoms with Crippen LogP contribution in [0.5, 0.6) is 0 Å². The van der Waals surface area contributed by atoms with Gasteiger partial charge in [0.1, 0.15) is 5.82 Å². The molecule has 37 heavy (non-hydrogen) atoms. The van der Waals surface area contributed by atoms with E-state index in [1.54, 1.807) is 6.92 Å². The lowest BCUT2D eigenvalue weighted by atomic mass is 9.97. The van der Waals surface area contributed by atoms with Crippen molar-refractivity contribution in [3.05, 3.63) is 70.0 Å². The molecule has 2 aromatic carbocycles. The van der Waals surface area contributed by atoms with Crippen LogP contribution in [0.2, 0.25) is 0 Å². The zero-order valence-corrected chi connectivity index (χ0v) is 20.0. The van der Waals surface area contributed by atoms with E-state index in [0.29, 0.717) is 23.3 Å². The van der Waals surface area contributed by atoms with Crippen molar-refractivity contribution >= 4 is 12.1 Å². The van der Waals surface area contributed by atoms with Crippen LogP contribution >= 0.6 is 0 Å². The molecule has 0 aliphatic carbocycles. The molecule has 1 heterocycles. The number of amides is 3. The number of nitrogens with zero attached hydrogens (tertiary/aromatic N) is 3. The topological polar surface area (TPSA) is 64.1 Å². The summed E-state index contributed by atoms with van der Waals surface area (Å²) in [5, 5.41) is 9.44. The fourth-order valence-corrected chi connectivity index (χ4v) is 4.28. The van der Waals surface area contributed by atoms with Crippen molar-refractivity contribution in [1.29, 1.82) is 0 Å². The van der Waals surface area contributed by atoms with Crippen molar-refractivity contribution in [2.45, 2.75) is 38.3 Å². The van der Waals surface area contributed by atoms with Crippen LogP contribution in [0.4, 0.5) is 40.3 Å². The van der Waals surface area contributed by atoms with Crippen LogP contribution in [0.1, 0.15) is 46.8 Å². The van der Waals surface area contributed by atoms with Gasteiger partial charge in [0, 0.05) is 26.7 Å². The summed E-state index contributed by atoms with van der Waals surface area (Å²) in [6.45, 7) is 2.55. The number of hydrogen-bond donors (Lipinski definition) is 1. The van der Waals surface area contributed by atoms with Gasteiger partial charge in [-0.2, -0.15) is 26.3 Å². The number of halogens is 7. The fourth-order valence-electron chi connectivity index (χ4n) is 4.28. The lowest BCUT2D eigenvalue weighted by Crippen LogP contribution is -2.55. The summed E-state index contributed by atoms with van der Waals surface area (Å²) in [5.74, 6) is -0.541. The summed E-state index contributed by atoms with van der Waals surface area (Å²) in [6, 6.07) is 2.11. The SMILES string of the molecule is Cc1cc(F)ccc1[C@@H]1CN(C(=O)O)CCN1C(=O)N(C)[C@H](C)c1cc(C(F)(F)F)cc(C(F)(F)F)c1. The standard InChI is InChI=1S/C24H24F7N3O3/c1-13-8-18(25)4-5-19(13)20-12-33(22(36)37)6-7-34(20)21(35)32(3)14(2)15-9-16(23(26,27)28)11-17(10-15)24(29,30)31/h4-5,8-11,14,20H,6-7,12H2,1-3H3,(H,36,37)/t14-,20+/m1/s1. The second kappa shape index (κ2) is 10.1. The van der Waals surface area contributed by atoms with Gasteiger partial charge in [0.25, 0.3) is 0 Å². The molecule has 1 aliphatic rings. The first-order valence-electron chi connectivity index (χ1n) is 11.1. The highest BCUT2D eigenvalue weighted by Gasteiger charge is 2.39. The number of carbonyl (C=O) groups excluding carboxylic acids is 1. The summed E-state index contributed by atoms with van der Waals surface area (Å²) in [4.78, 5) is 28.4. The molecule has 6 nitrogen and oxygen atoms in total. The van der Waals surface area contributed by atoms with Gasteiger partial charge in [-0.3, -0.25) is 0 Å². The number of benzene rings is 2. The van der Waals surface area contributed by atoms with Gasteiger partial charge in [-0.05, 0) is 60.9 Å². The maximum atomic E-state index is 13.7. The zero-order chi connectivity index (χ0) is 27.9. The van der Waals surface area contributed by atoms with Crippen LogP contribution in [0.15, 0.2) is 36.4 Å². The summed E-state index contributed by atoms with van der Waals surface area (Å²) in [6.07, 6.45) is -11.3. The molecule has 202 valence electrons. The Kier molecular flexibility index (Phi) is 7.66. The highest BCUT2D eigenvalue weighted by molar-refractivity contribution is 5.76. The molecule has 13 heteroatoms. The van der Waals surface area contributed by atoms with Crippen molar-refractivity contribution in [1.82, 2.24) is 14.7 Å². The van der Waals surface area contributed by atoms with Crippen molar-refractivity contribution in [3.8, 4) is 0 Å². The van der Waals surface area contributed by atoms with Gasteiger partial charge in [-0.25, -0.2) is 14.0 Å². The lowest BCUT2D eigenvalue weighted by molar-refractivity contribution is -0.143. The Morgan fingerprint density at radius 2 is 1.57 bits per heavy atom. The number of aryl methyl sites for hydroxylation is 1. The van der Waals surface area contributed by atoms with E-state index in [4.69, 9.17) is 0 Å². The predicted molar refractivity (Wildman–Crippen MR) is 118 cm³/mol. The molecule has 3 amide bonds. The third-order valence-electron chi connectivity index (χ3n) is 6.46. The number of piperazine rings is 1. The maximum absolute atomic E-state index is 13.7. The number of urea groups is 1. The molecular weight excluding hydrogens is 511 g/mol. The molecule has 0 aromatic heterocycles. The zero-order valence-electron chi connectivity index (χ0n) is 20.0. The van der Waals surface area contributed by atoms with E-state index in [-0.39, 0.29) is 31.3 Å². The average Bonchev–Trinajstić information content (AvgIpc) is 2.81. The summed E-state index contributed by atoms with van der Waals surface area (Å²) in [7, 11) is 1.23. The molecule has 1 saturated heterocycles. The molecule has 2 aromatic rings. The summed E-state index contributed by atoms with van der Waals surface area (Å²) in [5.41, 5.74) is -2.48. The minimum Gasteiger partial charge on any atom is -0.465 e. The van der Waals surface area contributed by atoms with Crippen LogP contribution in [-0.4, -0.2) is 58.6 Å². The molecule has 0 spiro atoms. The number of rotatable bonds is 3. The molecule has 0 unspecified atom stereocenters. The molecule has 0 bridgehead atoms. The summed E-state index contributed by atoms with van der Waals surface area (Å²) < 4.78 is 93.6. The molecule has 0 saturated carbocycles. The molecule has 1 fully saturated rings. The number of carboxylic acid groups (broad SMARTS) is 1. The first-order chi connectivity index (χ1) is 17.0. The molecule has 1 aliphatic heterocycles. The van der Waals surface area contributed by atoms with Crippen molar-refractivity contribution < 1.29 is 45.4 Å². The van der Waals surface area contributed by atoms with E-state index in [0.717, 1.165) is 15.9 Å². The minimum absolute atomic E-state index is 0.0104. The Morgan fingerprint density at radius 3 is 2.05 bits per heavy atom. The minimum atomic E-state index is -5.04. The lowest BCUT2D eigenvalue weighted by Gasteiger charge is -2.43. The fraction of sp³-hybridized carbons (Fsp3) is 0.417. The normalized spacial score (nSPS) is 17.5. The van der Waals surface area contributed by atoms with Gasteiger partial charge < -0.3 is 19.8 Å². The second-order valence-corrected chi connectivity index (χ2v) is 8.85. The Bertz CT molecular complexity index is 1150. The number of carbonyl (C=O) groups is 2. The average molecular weight is 535 g/mol. The van der Waals surface area contributed by atoms with Crippen molar-refractivity contribution in [2.75, 3.05) is 26.7 Å². The first kappa shape index (κ1) is 28.1. The van der Waals surface area contributed by atoms with Crippen LogP contribution in [0.3, 0.4) is 0 Å². The molecule has 0 radical (unpaired) electrons. The molecular formula is C24H24F7N3O3. The van der Waals surface area contributed by atoms with Gasteiger partial charge in [0.15, 0.2) is 0 Å². The van der Waals surface area contributed by atoms with Crippen molar-refractivity contribution in [2.24, 2.45) is 0 Å². The quantitative estimate of drug-likeness (QED) is 0.468. The van der Waals surface area contributed by atoms with Crippen LogP contribution < -0.4 is 0 Å². The van der Waals surface area contributed by atoms with Gasteiger partial charge >= 0.3 is 24.5 Å². The van der Waals surface area contributed by atoms with Crippen molar-refractivity contribution in [3.63, 3.8) is 0 Å². The molecule has 3 rings (SSSR count). The third kappa shape index (κ3) is 6.08. The Hall–Kier alpha value is -3.51. The Balaban J connectivity index is 1.98. The first-order valence-corrected chi connectivity index (χ1v) is 11.1. The molecule has 2 atom stereocenters. The van der Waals surface area contributed by atoms with E-state index in [1.807, 2.05) is 0 Å². The van der Waals surface area contributed by atoms with Gasteiger partial charge in [-0.15, -0.1) is 0 Å². The largest absolute Gasteiger partial charge is 0.465 e. The highest BCUT2D eigenvalue weighted by Crippen LogP contribution is 2.39. The third-order valence-corrected chi connectivity index (χ3v) is 6.46. The van der Waals surface area contributed by atoms with E-state index in [1.165, 1.54) is 31.0 Å². The summed E-state index contributed by atoms with van der Waals surface area (Å²) >= 11 is 0. The van der Waals surface area contributed by atoms with Crippen LogP contribution in [0.25, 0.3) is 0 Å². The number of hydrogen-bond acceptors (Lipinski definition) is 2. The highest BCUT2D eigenvalue weighted by atomic mass is 19.4. The molecule has 1 N–H and O–H groups in total. The van der Waals surface area contributed by atoms with Gasteiger partial charge in [0.05, 0.1) is 23.2 Å². The van der Waals surface area contributed by atoms with Crippen LogP contribution in [0, 0.1) is 12.7 Å². The number of alkyl halides is 6. The van der Waals surface area contributed by atoms with Crippen LogP contribution in [-0.2, 0) is 12.4 Å². The smallest absolute Gasteiger partial charge is 0.416 e. The monoisotopic (exact) mass is 535 g/mol. The van der Waals surface area contributed by atoms with E-state index in [2.05, 4.69) is 0 Å².